The lowest BCUT2D eigenvalue weighted by Crippen LogP contribution is -2.33. The second kappa shape index (κ2) is 5.90. The Bertz CT molecular complexity index is 688. The molecule has 1 aliphatic rings. The van der Waals surface area contributed by atoms with E-state index >= 15 is 0 Å². The fraction of sp³-hybridized carbons (Fsp3) is 0.600. The van der Waals surface area contributed by atoms with E-state index in [1.807, 2.05) is 18.5 Å². The molecule has 0 saturated heterocycles. The Morgan fingerprint density at radius 2 is 2.18 bits per heavy atom. The molecule has 7 heteroatoms. The number of rotatable bonds is 4. The standard InChI is InChI=1S/C15H21N5O2/c1-4-11-18-14-10(7-6-8-20(14)19-11)17-15(21)13-9(3)16-12(5-2)22-13/h10H,4-8H2,1-3H3,(H,17,21)/t10-/m1/s1. The third kappa shape index (κ3) is 2.63. The van der Waals surface area contributed by atoms with Crippen molar-refractivity contribution in [1.82, 2.24) is 25.1 Å². The highest BCUT2D eigenvalue weighted by atomic mass is 16.4. The molecule has 0 spiro atoms. The Morgan fingerprint density at radius 3 is 2.86 bits per heavy atom. The molecule has 118 valence electrons. The van der Waals surface area contributed by atoms with Crippen molar-refractivity contribution in [2.45, 2.75) is 59.0 Å². The van der Waals surface area contributed by atoms with Crippen molar-refractivity contribution in [3.8, 4) is 0 Å². The van der Waals surface area contributed by atoms with Crippen molar-refractivity contribution < 1.29 is 9.21 Å². The van der Waals surface area contributed by atoms with Crippen LogP contribution in [-0.4, -0.2) is 25.7 Å². The van der Waals surface area contributed by atoms with Gasteiger partial charge in [-0.3, -0.25) is 4.79 Å². The lowest BCUT2D eigenvalue weighted by molar-refractivity contribution is 0.0896. The van der Waals surface area contributed by atoms with Crippen LogP contribution in [0.4, 0.5) is 0 Å². The number of nitrogens with zero attached hydrogens (tertiary/aromatic N) is 4. The zero-order valence-corrected chi connectivity index (χ0v) is 13.2. The van der Waals surface area contributed by atoms with Gasteiger partial charge < -0.3 is 9.73 Å². The van der Waals surface area contributed by atoms with E-state index in [1.54, 1.807) is 6.92 Å². The highest BCUT2D eigenvalue weighted by Crippen LogP contribution is 2.24. The predicted molar refractivity (Wildman–Crippen MR) is 79.5 cm³/mol. The summed E-state index contributed by atoms with van der Waals surface area (Å²) in [4.78, 5) is 21.2. The van der Waals surface area contributed by atoms with Crippen LogP contribution in [0.2, 0.25) is 0 Å². The third-order valence-electron chi connectivity index (χ3n) is 3.89. The number of hydrogen-bond acceptors (Lipinski definition) is 5. The van der Waals surface area contributed by atoms with E-state index in [1.165, 1.54) is 0 Å². The highest BCUT2D eigenvalue weighted by molar-refractivity contribution is 5.92. The Balaban J connectivity index is 1.80. The van der Waals surface area contributed by atoms with Gasteiger partial charge in [-0.05, 0) is 19.8 Å². The van der Waals surface area contributed by atoms with Crippen LogP contribution in [0, 0.1) is 6.92 Å². The first-order valence-electron chi connectivity index (χ1n) is 7.83. The van der Waals surface area contributed by atoms with Gasteiger partial charge in [-0.2, -0.15) is 5.10 Å². The van der Waals surface area contributed by atoms with Crippen molar-refractivity contribution >= 4 is 5.91 Å². The lowest BCUT2D eigenvalue weighted by Gasteiger charge is -2.22. The van der Waals surface area contributed by atoms with Gasteiger partial charge in [-0.25, -0.2) is 14.6 Å². The van der Waals surface area contributed by atoms with Crippen LogP contribution in [0.25, 0.3) is 0 Å². The number of oxazole rings is 1. The van der Waals surface area contributed by atoms with Gasteiger partial charge in [0.15, 0.2) is 11.7 Å². The molecule has 1 N–H and O–H groups in total. The Labute approximate surface area is 129 Å². The number of fused-ring (bicyclic) bond motifs is 1. The van der Waals surface area contributed by atoms with Gasteiger partial charge in [-0.1, -0.05) is 13.8 Å². The van der Waals surface area contributed by atoms with Crippen molar-refractivity contribution in [2.75, 3.05) is 0 Å². The summed E-state index contributed by atoms with van der Waals surface area (Å²) < 4.78 is 7.42. The lowest BCUT2D eigenvalue weighted by atomic mass is 10.1. The molecular weight excluding hydrogens is 282 g/mol. The van der Waals surface area contributed by atoms with Gasteiger partial charge in [0.05, 0.1) is 11.7 Å². The quantitative estimate of drug-likeness (QED) is 0.933. The molecule has 2 aromatic heterocycles. The molecule has 1 amide bonds. The van der Waals surface area contributed by atoms with Crippen LogP contribution in [0.15, 0.2) is 4.42 Å². The molecule has 3 rings (SSSR count). The molecule has 2 aromatic rings. The van der Waals surface area contributed by atoms with Crippen molar-refractivity contribution in [3.63, 3.8) is 0 Å². The summed E-state index contributed by atoms with van der Waals surface area (Å²) >= 11 is 0. The van der Waals surface area contributed by atoms with Gasteiger partial charge in [0.2, 0.25) is 5.76 Å². The summed E-state index contributed by atoms with van der Waals surface area (Å²) in [6.07, 6.45) is 3.30. The summed E-state index contributed by atoms with van der Waals surface area (Å²) in [6, 6.07) is -0.122. The minimum absolute atomic E-state index is 0.122. The molecule has 0 aliphatic carbocycles. The summed E-state index contributed by atoms with van der Waals surface area (Å²) in [5, 5.41) is 7.46. The van der Waals surface area contributed by atoms with E-state index in [4.69, 9.17) is 4.42 Å². The van der Waals surface area contributed by atoms with Crippen LogP contribution in [0.1, 0.15) is 66.5 Å². The van der Waals surface area contributed by atoms with Crippen LogP contribution < -0.4 is 5.32 Å². The normalized spacial score (nSPS) is 17.3. The molecule has 0 unspecified atom stereocenters. The molecule has 1 atom stereocenters. The Morgan fingerprint density at radius 1 is 1.36 bits per heavy atom. The molecule has 0 saturated carbocycles. The first-order chi connectivity index (χ1) is 10.6. The summed E-state index contributed by atoms with van der Waals surface area (Å²) in [7, 11) is 0. The van der Waals surface area contributed by atoms with Crippen LogP contribution in [-0.2, 0) is 19.4 Å². The molecule has 22 heavy (non-hydrogen) atoms. The van der Waals surface area contributed by atoms with Gasteiger partial charge in [0.1, 0.15) is 5.82 Å². The Kier molecular flexibility index (Phi) is 3.96. The van der Waals surface area contributed by atoms with Crippen LogP contribution >= 0.6 is 0 Å². The van der Waals surface area contributed by atoms with Gasteiger partial charge >= 0.3 is 0 Å². The van der Waals surface area contributed by atoms with E-state index in [9.17, 15) is 4.79 Å². The maximum absolute atomic E-state index is 12.4. The second-order valence-corrected chi connectivity index (χ2v) is 5.51. The fourth-order valence-electron chi connectivity index (χ4n) is 2.72. The molecule has 0 aromatic carbocycles. The van der Waals surface area contributed by atoms with Gasteiger partial charge in [0, 0.05) is 19.4 Å². The zero-order valence-electron chi connectivity index (χ0n) is 13.2. The number of carbonyl (C=O) groups excluding carboxylic acids is 1. The van der Waals surface area contributed by atoms with E-state index < -0.39 is 0 Å². The maximum atomic E-state index is 12.4. The number of amides is 1. The SMILES string of the molecule is CCc1nc2n(n1)CCC[C@H]2NC(=O)c1oc(CC)nc1C. The van der Waals surface area contributed by atoms with E-state index in [0.717, 1.165) is 37.5 Å². The first kappa shape index (κ1) is 14.7. The highest BCUT2D eigenvalue weighted by Gasteiger charge is 2.27. The zero-order chi connectivity index (χ0) is 15.7. The topological polar surface area (TPSA) is 85.8 Å². The largest absolute Gasteiger partial charge is 0.435 e. The summed E-state index contributed by atoms with van der Waals surface area (Å²) in [5.41, 5.74) is 0.626. The minimum Gasteiger partial charge on any atom is -0.435 e. The molecule has 1 aliphatic heterocycles. The number of hydrogen-bond donors (Lipinski definition) is 1. The number of aryl methyl sites for hydroxylation is 4. The summed E-state index contributed by atoms with van der Waals surface area (Å²) in [5.74, 6) is 2.31. The van der Waals surface area contributed by atoms with E-state index in [2.05, 4.69) is 20.4 Å². The third-order valence-corrected chi connectivity index (χ3v) is 3.89. The van der Waals surface area contributed by atoms with E-state index in [-0.39, 0.29) is 11.9 Å². The number of nitrogens with one attached hydrogen (secondary N) is 1. The monoisotopic (exact) mass is 303 g/mol. The fourth-order valence-corrected chi connectivity index (χ4v) is 2.72. The van der Waals surface area contributed by atoms with Gasteiger partial charge in [0.25, 0.3) is 5.91 Å². The molecule has 0 radical (unpaired) electrons. The smallest absolute Gasteiger partial charge is 0.289 e. The molecule has 7 nitrogen and oxygen atoms in total. The predicted octanol–water partition coefficient (Wildman–Crippen LogP) is 1.96. The molecule has 0 fully saturated rings. The molecule has 0 bridgehead atoms. The Hall–Kier alpha value is -2.18. The van der Waals surface area contributed by atoms with Gasteiger partial charge in [-0.15, -0.1) is 0 Å². The molecular formula is C15H21N5O2. The van der Waals surface area contributed by atoms with Crippen molar-refractivity contribution in [2.24, 2.45) is 0 Å². The van der Waals surface area contributed by atoms with Crippen molar-refractivity contribution in [3.05, 3.63) is 29.0 Å². The van der Waals surface area contributed by atoms with Crippen LogP contribution in [0.3, 0.4) is 0 Å². The first-order valence-corrected chi connectivity index (χ1v) is 7.83. The van der Waals surface area contributed by atoms with E-state index in [0.29, 0.717) is 23.8 Å². The summed E-state index contributed by atoms with van der Waals surface area (Å²) in [6.45, 7) is 6.62. The average molecular weight is 303 g/mol. The number of aromatic nitrogens is 4. The van der Waals surface area contributed by atoms with Crippen molar-refractivity contribution in [1.29, 1.82) is 0 Å². The maximum Gasteiger partial charge on any atom is 0.289 e. The number of carbonyl (C=O) groups is 1. The second-order valence-electron chi connectivity index (χ2n) is 5.51. The average Bonchev–Trinajstić information content (AvgIpc) is 3.10. The minimum atomic E-state index is -0.232. The molecule has 3 heterocycles. The van der Waals surface area contributed by atoms with Crippen LogP contribution in [0.5, 0.6) is 0 Å².